The van der Waals surface area contributed by atoms with Crippen LogP contribution in [0.3, 0.4) is 0 Å². The van der Waals surface area contributed by atoms with Gasteiger partial charge in [0.05, 0.1) is 5.69 Å². The zero-order chi connectivity index (χ0) is 12.1. The van der Waals surface area contributed by atoms with Crippen LogP contribution < -0.4 is 5.32 Å². The molecule has 3 heteroatoms. The number of hydrogen-bond acceptors (Lipinski definition) is 3. The second kappa shape index (κ2) is 5.55. The van der Waals surface area contributed by atoms with Crippen LogP contribution in [0.25, 0.3) is 0 Å². The predicted octanol–water partition coefficient (Wildman–Crippen LogP) is 2.64. The van der Waals surface area contributed by atoms with Crippen molar-refractivity contribution in [2.45, 2.75) is 26.4 Å². The Hall–Kier alpha value is -1.74. The minimum Gasteiger partial charge on any atom is -0.305 e. The van der Waals surface area contributed by atoms with Crippen LogP contribution in [0.15, 0.2) is 42.9 Å². The summed E-state index contributed by atoms with van der Waals surface area (Å²) in [4.78, 5) is 8.28. The van der Waals surface area contributed by atoms with Crippen LogP contribution in [0.2, 0.25) is 0 Å². The summed E-state index contributed by atoms with van der Waals surface area (Å²) in [6.07, 6.45) is 5.19. The molecule has 1 aromatic carbocycles. The van der Waals surface area contributed by atoms with Crippen molar-refractivity contribution in [3.05, 3.63) is 59.7 Å². The molecule has 0 aliphatic rings. The Morgan fingerprint density at radius 2 is 2.18 bits per heavy atom. The molecule has 0 fully saturated rings. The van der Waals surface area contributed by atoms with Gasteiger partial charge in [-0.25, -0.2) is 0 Å². The lowest BCUT2D eigenvalue weighted by molar-refractivity contribution is 0.566. The van der Waals surface area contributed by atoms with Gasteiger partial charge in [-0.3, -0.25) is 9.97 Å². The molecule has 0 amide bonds. The van der Waals surface area contributed by atoms with Gasteiger partial charge in [0.2, 0.25) is 0 Å². The third kappa shape index (κ3) is 3.36. The van der Waals surface area contributed by atoms with Gasteiger partial charge >= 0.3 is 0 Å². The molecule has 0 bridgehead atoms. The maximum Gasteiger partial charge on any atom is 0.0724 e. The van der Waals surface area contributed by atoms with Crippen molar-refractivity contribution in [1.82, 2.24) is 15.3 Å². The second-order valence-corrected chi connectivity index (χ2v) is 4.21. The Morgan fingerprint density at radius 1 is 1.29 bits per heavy atom. The molecule has 1 aromatic heterocycles. The number of rotatable bonds is 4. The highest BCUT2D eigenvalue weighted by Crippen LogP contribution is 2.13. The smallest absolute Gasteiger partial charge is 0.0724 e. The fraction of sp³-hybridized carbons (Fsp3) is 0.286. The average Bonchev–Trinajstić information content (AvgIpc) is 2.37. The normalized spacial score (nSPS) is 12.4. The van der Waals surface area contributed by atoms with Crippen molar-refractivity contribution in [1.29, 1.82) is 0 Å². The summed E-state index contributed by atoms with van der Waals surface area (Å²) in [6.45, 7) is 5.01. The molecule has 17 heavy (non-hydrogen) atoms. The lowest BCUT2D eigenvalue weighted by Crippen LogP contribution is -2.18. The standard InChI is InChI=1S/C14H17N3/c1-11-4-3-5-13(8-11)12(2)17-10-14-9-15-6-7-16-14/h3-9,12,17H,10H2,1-2H3/t12-/m0/s1. The minimum atomic E-state index is 0.317. The summed E-state index contributed by atoms with van der Waals surface area (Å²) in [7, 11) is 0. The van der Waals surface area contributed by atoms with E-state index >= 15 is 0 Å². The van der Waals surface area contributed by atoms with Crippen molar-refractivity contribution < 1.29 is 0 Å². The summed E-state index contributed by atoms with van der Waals surface area (Å²) in [5.74, 6) is 0. The molecular weight excluding hydrogens is 210 g/mol. The van der Waals surface area contributed by atoms with E-state index in [9.17, 15) is 0 Å². The molecule has 1 N–H and O–H groups in total. The largest absolute Gasteiger partial charge is 0.305 e. The molecule has 0 saturated carbocycles. The van der Waals surface area contributed by atoms with Crippen molar-refractivity contribution in [2.75, 3.05) is 0 Å². The molecule has 0 unspecified atom stereocenters. The van der Waals surface area contributed by atoms with Gasteiger partial charge in [-0.15, -0.1) is 0 Å². The first-order valence-corrected chi connectivity index (χ1v) is 5.80. The number of aromatic nitrogens is 2. The minimum absolute atomic E-state index is 0.317. The van der Waals surface area contributed by atoms with Crippen molar-refractivity contribution >= 4 is 0 Å². The van der Waals surface area contributed by atoms with Crippen LogP contribution >= 0.6 is 0 Å². The van der Waals surface area contributed by atoms with Crippen molar-refractivity contribution in [2.24, 2.45) is 0 Å². The SMILES string of the molecule is Cc1cccc([C@H](C)NCc2cnccn2)c1. The topological polar surface area (TPSA) is 37.8 Å². The van der Waals surface area contributed by atoms with E-state index in [-0.39, 0.29) is 0 Å². The highest BCUT2D eigenvalue weighted by Gasteiger charge is 2.04. The zero-order valence-electron chi connectivity index (χ0n) is 10.2. The summed E-state index contributed by atoms with van der Waals surface area (Å²) < 4.78 is 0. The van der Waals surface area contributed by atoms with Gasteiger partial charge < -0.3 is 5.32 Å². The van der Waals surface area contributed by atoms with E-state index in [1.165, 1.54) is 11.1 Å². The van der Waals surface area contributed by atoms with Crippen LogP contribution in [0.4, 0.5) is 0 Å². The molecule has 2 rings (SSSR count). The lowest BCUT2D eigenvalue weighted by atomic mass is 10.1. The summed E-state index contributed by atoms with van der Waals surface area (Å²) in [5.41, 5.74) is 3.55. The van der Waals surface area contributed by atoms with Crippen LogP contribution in [0.1, 0.15) is 29.8 Å². The van der Waals surface area contributed by atoms with Crippen LogP contribution in [-0.4, -0.2) is 9.97 Å². The highest BCUT2D eigenvalue weighted by molar-refractivity contribution is 5.24. The molecule has 1 atom stereocenters. The van der Waals surface area contributed by atoms with E-state index in [0.717, 1.165) is 12.2 Å². The van der Waals surface area contributed by atoms with E-state index in [0.29, 0.717) is 6.04 Å². The average molecular weight is 227 g/mol. The van der Waals surface area contributed by atoms with Crippen LogP contribution in [-0.2, 0) is 6.54 Å². The summed E-state index contributed by atoms with van der Waals surface area (Å²) >= 11 is 0. The molecule has 0 spiro atoms. The predicted molar refractivity (Wildman–Crippen MR) is 68.5 cm³/mol. The van der Waals surface area contributed by atoms with Gasteiger partial charge in [0.25, 0.3) is 0 Å². The number of benzene rings is 1. The second-order valence-electron chi connectivity index (χ2n) is 4.21. The van der Waals surface area contributed by atoms with E-state index in [4.69, 9.17) is 0 Å². The number of aryl methyl sites for hydroxylation is 1. The molecule has 2 aromatic rings. The molecule has 0 aliphatic carbocycles. The maximum absolute atomic E-state index is 4.24. The summed E-state index contributed by atoms with van der Waals surface area (Å²) in [6, 6.07) is 8.86. The molecule has 0 saturated heterocycles. The maximum atomic E-state index is 4.24. The monoisotopic (exact) mass is 227 g/mol. The van der Waals surface area contributed by atoms with Gasteiger partial charge in [-0.05, 0) is 19.4 Å². The van der Waals surface area contributed by atoms with Crippen molar-refractivity contribution in [3.63, 3.8) is 0 Å². The number of hydrogen-bond donors (Lipinski definition) is 1. The number of nitrogens with zero attached hydrogens (tertiary/aromatic N) is 2. The fourth-order valence-corrected chi connectivity index (χ4v) is 1.74. The molecule has 3 nitrogen and oxygen atoms in total. The Labute approximate surface area is 102 Å². The van der Waals surface area contributed by atoms with E-state index < -0.39 is 0 Å². The quantitative estimate of drug-likeness (QED) is 0.872. The third-order valence-electron chi connectivity index (χ3n) is 2.75. The first-order chi connectivity index (χ1) is 8.25. The molecular formula is C14H17N3. The lowest BCUT2D eigenvalue weighted by Gasteiger charge is -2.14. The van der Waals surface area contributed by atoms with Crippen LogP contribution in [0, 0.1) is 6.92 Å². The van der Waals surface area contributed by atoms with Crippen LogP contribution in [0.5, 0.6) is 0 Å². The first kappa shape index (κ1) is 11.7. The van der Waals surface area contributed by atoms with E-state index in [1.807, 2.05) is 0 Å². The first-order valence-electron chi connectivity index (χ1n) is 5.80. The third-order valence-corrected chi connectivity index (χ3v) is 2.75. The van der Waals surface area contributed by atoms with Gasteiger partial charge in [-0.1, -0.05) is 29.8 Å². The Balaban J connectivity index is 1.96. The van der Waals surface area contributed by atoms with Crippen molar-refractivity contribution in [3.8, 4) is 0 Å². The molecule has 1 heterocycles. The van der Waals surface area contributed by atoms with E-state index in [2.05, 4.69) is 53.4 Å². The molecule has 0 radical (unpaired) electrons. The molecule has 88 valence electrons. The summed E-state index contributed by atoms with van der Waals surface area (Å²) in [5, 5.41) is 3.44. The Bertz CT molecular complexity index is 468. The van der Waals surface area contributed by atoms with Gasteiger partial charge in [0, 0.05) is 31.2 Å². The van der Waals surface area contributed by atoms with Gasteiger partial charge in [0.15, 0.2) is 0 Å². The number of nitrogens with one attached hydrogen (secondary N) is 1. The fourth-order valence-electron chi connectivity index (χ4n) is 1.74. The Kier molecular flexibility index (Phi) is 3.83. The zero-order valence-corrected chi connectivity index (χ0v) is 10.2. The van der Waals surface area contributed by atoms with E-state index in [1.54, 1.807) is 18.6 Å². The highest BCUT2D eigenvalue weighted by atomic mass is 14.9. The van der Waals surface area contributed by atoms with Gasteiger partial charge in [-0.2, -0.15) is 0 Å². The molecule has 0 aliphatic heterocycles. The Morgan fingerprint density at radius 3 is 2.88 bits per heavy atom. The van der Waals surface area contributed by atoms with Gasteiger partial charge in [0.1, 0.15) is 0 Å².